The lowest BCUT2D eigenvalue weighted by Gasteiger charge is -2.55. The third-order valence-corrected chi connectivity index (χ3v) is 4.39. The molecule has 0 spiro atoms. The first kappa shape index (κ1) is 11.0. The van der Waals surface area contributed by atoms with Crippen molar-refractivity contribution in [2.24, 2.45) is 5.92 Å². The Hall–Kier alpha value is -0.160. The van der Waals surface area contributed by atoms with Crippen molar-refractivity contribution < 1.29 is 0 Å². The molecule has 3 rings (SSSR count). The lowest BCUT2D eigenvalue weighted by Crippen LogP contribution is -2.76. The maximum atomic E-state index is 3.77. The van der Waals surface area contributed by atoms with Crippen molar-refractivity contribution in [1.82, 2.24) is 21.3 Å². The van der Waals surface area contributed by atoms with Gasteiger partial charge in [0, 0.05) is 30.1 Å². The molecule has 92 valence electrons. The van der Waals surface area contributed by atoms with E-state index in [4.69, 9.17) is 0 Å². The molecule has 3 heterocycles. The second-order valence-corrected chi connectivity index (χ2v) is 5.93. The summed E-state index contributed by atoms with van der Waals surface area (Å²) >= 11 is 0. The molecule has 0 aromatic carbocycles. The molecule has 0 bridgehead atoms. The minimum absolute atomic E-state index is 0.426. The van der Waals surface area contributed by atoms with E-state index in [9.17, 15) is 0 Å². The maximum Gasteiger partial charge on any atom is 0.0644 e. The third-order valence-electron chi connectivity index (χ3n) is 4.39. The van der Waals surface area contributed by atoms with Gasteiger partial charge in [-0.15, -0.1) is 0 Å². The van der Waals surface area contributed by atoms with E-state index in [0.717, 1.165) is 0 Å². The molecule has 0 radical (unpaired) electrons. The van der Waals surface area contributed by atoms with Gasteiger partial charge in [0.25, 0.3) is 0 Å². The highest BCUT2D eigenvalue weighted by atomic mass is 15.3. The van der Waals surface area contributed by atoms with Gasteiger partial charge in [0.1, 0.15) is 0 Å². The van der Waals surface area contributed by atoms with E-state index in [-0.39, 0.29) is 0 Å². The Labute approximate surface area is 97.9 Å². The quantitative estimate of drug-likeness (QED) is 0.467. The summed E-state index contributed by atoms with van der Waals surface area (Å²) in [5, 5.41) is 14.8. The van der Waals surface area contributed by atoms with E-state index in [0.29, 0.717) is 42.4 Å². The molecule has 0 aliphatic carbocycles. The van der Waals surface area contributed by atoms with Crippen LogP contribution in [0.15, 0.2) is 0 Å². The number of rotatable bonds is 0. The summed E-state index contributed by atoms with van der Waals surface area (Å²) < 4.78 is 0. The normalized spacial score (nSPS) is 56.8. The van der Waals surface area contributed by atoms with Crippen LogP contribution in [0.3, 0.4) is 0 Å². The van der Waals surface area contributed by atoms with Crippen LogP contribution < -0.4 is 21.3 Å². The second-order valence-electron chi connectivity index (χ2n) is 5.93. The van der Waals surface area contributed by atoms with Crippen LogP contribution in [-0.4, -0.2) is 36.5 Å². The van der Waals surface area contributed by atoms with Gasteiger partial charge in [-0.25, -0.2) is 0 Å². The van der Waals surface area contributed by atoms with Crippen LogP contribution in [0.1, 0.15) is 33.6 Å². The summed E-state index contributed by atoms with van der Waals surface area (Å²) in [4.78, 5) is 0. The van der Waals surface area contributed by atoms with Gasteiger partial charge in [0.2, 0.25) is 0 Å². The summed E-state index contributed by atoms with van der Waals surface area (Å²) in [6.45, 7) is 6.83. The lowest BCUT2D eigenvalue weighted by molar-refractivity contribution is 0.0288. The van der Waals surface area contributed by atoms with Gasteiger partial charge in [-0.3, -0.25) is 16.0 Å². The predicted molar refractivity (Wildman–Crippen MR) is 65.0 cm³/mol. The Kier molecular flexibility index (Phi) is 2.70. The van der Waals surface area contributed by atoms with Gasteiger partial charge >= 0.3 is 0 Å². The molecule has 7 unspecified atom stereocenters. The van der Waals surface area contributed by atoms with Gasteiger partial charge in [-0.05, 0) is 33.6 Å². The molecule has 3 fully saturated rings. The Bertz CT molecular complexity index is 209. The number of piperidine rings is 2. The molecule has 0 aromatic rings. The molecule has 0 saturated carbocycles. The Balaban J connectivity index is 1.83. The maximum absolute atomic E-state index is 3.77. The number of hydrogen-bond acceptors (Lipinski definition) is 4. The molecule has 0 aromatic heterocycles. The van der Waals surface area contributed by atoms with Gasteiger partial charge in [0.05, 0.1) is 12.3 Å². The number of nitrogens with one attached hydrogen (secondary N) is 4. The third kappa shape index (κ3) is 1.78. The van der Waals surface area contributed by atoms with Crippen molar-refractivity contribution in [2.45, 2.75) is 70.1 Å². The standard InChI is InChI=1S/C12H24N4/c1-6-4-10-11-9(13-6)5-7(2)14-12(11)16-8(3)15-10/h6-16H,4-5H2,1-3H3. The highest BCUT2D eigenvalue weighted by molar-refractivity contribution is 5.06. The van der Waals surface area contributed by atoms with Crippen LogP contribution in [0.5, 0.6) is 0 Å². The first-order valence-electron chi connectivity index (χ1n) is 6.67. The molecule has 3 aliphatic heterocycles. The molecule has 3 aliphatic rings. The molecular formula is C12H24N4. The second kappa shape index (κ2) is 3.95. The zero-order chi connectivity index (χ0) is 11.3. The topological polar surface area (TPSA) is 48.1 Å². The minimum atomic E-state index is 0.426. The molecule has 7 atom stereocenters. The van der Waals surface area contributed by atoms with Gasteiger partial charge < -0.3 is 5.32 Å². The average molecular weight is 224 g/mol. The first-order valence-corrected chi connectivity index (χ1v) is 6.67. The van der Waals surface area contributed by atoms with Crippen LogP contribution in [0.2, 0.25) is 0 Å². The fourth-order valence-corrected chi connectivity index (χ4v) is 3.90. The highest BCUT2D eigenvalue weighted by Gasteiger charge is 2.47. The predicted octanol–water partition coefficient (Wildman–Crippen LogP) is -0.0317. The van der Waals surface area contributed by atoms with Gasteiger partial charge in [-0.1, -0.05) is 0 Å². The van der Waals surface area contributed by atoms with Crippen molar-refractivity contribution in [3.8, 4) is 0 Å². The van der Waals surface area contributed by atoms with E-state index >= 15 is 0 Å². The summed E-state index contributed by atoms with van der Waals surface area (Å²) in [6.07, 6.45) is 3.41. The summed E-state index contributed by atoms with van der Waals surface area (Å²) in [5.74, 6) is 0.698. The Morgan fingerprint density at radius 2 is 1.38 bits per heavy atom. The van der Waals surface area contributed by atoms with E-state index < -0.39 is 0 Å². The zero-order valence-corrected chi connectivity index (χ0v) is 10.5. The van der Waals surface area contributed by atoms with Crippen molar-refractivity contribution in [3.63, 3.8) is 0 Å². The van der Waals surface area contributed by atoms with Crippen LogP contribution in [0.4, 0.5) is 0 Å². The van der Waals surface area contributed by atoms with Crippen LogP contribution in [0, 0.1) is 5.92 Å². The van der Waals surface area contributed by atoms with E-state index in [1.807, 2.05) is 0 Å². The average Bonchev–Trinajstić information content (AvgIpc) is 2.14. The molecular weight excluding hydrogens is 200 g/mol. The molecule has 16 heavy (non-hydrogen) atoms. The Morgan fingerprint density at radius 1 is 0.750 bits per heavy atom. The molecule has 4 N–H and O–H groups in total. The van der Waals surface area contributed by atoms with Crippen molar-refractivity contribution in [2.75, 3.05) is 0 Å². The first-order chi connectivity index (χ1) is 7.63. The Morgan fingerprint density at radius 3 is 2.12 bits per heavy atom. The minimum Gasteiger partial charge on any atom is -0.311 e. The van der Waals surface area contributed by atoms with Crippen LogP contribution in [-0.2, 0) is 0 Å². The summed E-state index contributed by atoms with van der Waals surface area (Å²) in [5.41, 5.74) is 0. The fourth-order valence-electron chi connectivity index (χ4n) is 3.90. The zero-order valence-electron chi connectivity index (χ0n) is 10.5. The highest BCUT2D eigenvalue weighted by Crippen LogP contribution is 2.31. The van der Waals surface area contributed by atoms with Crippen LogP contribution >= 0.6 is 0 Å². The number of hydrogen-bond donors (Lipinski definition) is 4. The van der Waals surface area contributed by atoms with Gasteiger partial charge in [0.15, 0.2) is 0 Å². The summed E-state index contributed by atoms with van der Waals surface area (Å²) in [6, 6.07) is 2.60. The van der Waals surface area contributed by atoms with Crippen molar-refractivity contribution in [3.05, 3.63) is 0 Å². The van der Waals surface area contributed by atoms with E-state index in [1.165, 1.54) is 12.8 Å². The van der Waals surface area contributed by atoms with Crippen molar-refractivity contribution >= 4 is 0 Å². The van der Waals surface area contributed by atoms with Crippen molar-refractivity contribution in [1.29, 1.82) is 0 Å². The molecule has 4 heteroatoms. The SMILES string of the molecule is CC1CC2NC(C)NC3NC(C)CC(N1)C23. The van der Waals surface area contributed by atoms with E-state index in [1.54, 1.807) is 0 Å². The monoisotopic (exact) mass is 224 g/mol. The van der Waals surface area contributed by atoms with Crippen LogP contribution in [0.25, 0.3) is 0 Å². The smallest absolute Gasteiger partial charge is 0.0644 e. The largest absolute Gasteiger partial charge is 0.311 e. The molecule has 4 nitrogen and oxygen atoms in total. The van der Waals surface area contributed by atoms with Gasteiger partial charge in [-0.2, -0.15) is 0 Å². The fraction of sp³-hybridized carbons (Fsp3) is 1.00. The lowest BCUT2D eigenvalue weighted by atomic mass is 9.75. The summed E-state index contributed by atoms with van der Waals surface area (Å²) in [7, 11) is 0. The molecule has 0 amide bonds. The molecule has 3 saturated heterocycles. The van der Waals surface area contributed by atoms with E-state index in [2.05, 4.69) is 42.0 Å².